The minimum Gasteiger partial charge on any atom is -0.418 e. The van der Waals surface area contributed by atoms with Crippen LogP contribution < -0.4 is 0 Å². The van der Waals surface area contributed by atoms with E-state index >= 15 is 0 Å². The molecule has 0 amide bonds. The van der Waals surface area contributed by atoms with Crippen LogP contribution in [-0.2, 0) is 0 Å². The maximum atomic E-state index is 9.75. The van der Waals surface area contributed by atoms with E-state index in [1.54, 1.807) is 0 Å². The fourth-order valence-corrected chi connectivity index (χ4v) is 0. The molecule has 0 radical (unpaired) electrons. The van der Waals surface area contributed by atoms with Gasteiger partial charge in [-0.25, -0.2) is 0 Å². The van der Waals surface area contributed by atoms with Gasteiger partial charge in [0.15, 0.2) is 0 Å². The first-order valence-electron chi connectivity index (χ1n) is 3.24. The quantitative estimate of drug-likeness (QED) is 0.340. The minimum absolute atomic E-state index is 0.397. The molecule has 0 saturated heterocycles. The number of rotatable bonds is 1. The first kappa shape index (κ1) is 13.8. The summed E-state index contributed by atoms with van der Waals surface area (Å²) in [5.74, 6) is 0. The Morgan fingerprint density at radius 2 is 1.09 bits per heavy atom. The summed E-state index contributed by atoms with van der Waals surface area (Å²) in [5, 5.41) is 0. The highest BCUT2D eigenvalue weighted by molar-refractivity contribution is 7.73. The number of hydrogen-bond acceptors (Lipinski definition) is 0. The molecule has 0 aliphatic heterocycles. The summed E-state index contributed by atoms with van der Waals surface area (Å²) in [7, 11) is -6.40. The molecule has 70 valence electrons. The molecule has 0 fully saturated rings. The van der Waals surface area contributed by atoms with Crippen molar-refractivity contribution in [2.45, 2.75) is 6.92 Å². The van der Waals surface area contributed by atoms with Crippen LogP contribution in [0.4, 0.5) is 17.3 Å². The number of halogens is 4. The first-order valence-corrected chi connectivity index (χ1v) is 6.55. The normalized spacial score (nSPS) is 12.0. The molecule has 6 heteroatoms. The Morgan fingerprint density at radius 1 is 1.00 bits per heavy atom. The lowest BCUT2D eigenvalue weighted by Crippen LogP contribution is -2.02. The molecule has 0 N–H and O–H groups in total. The van der Waals surface area contributed by atoms with Gasteiger partial charge >= 0.3 is 7.25 Å². The van der Waals surface area contributed by atoms with Gasteiger partial charge in [-0.2, -0.15) is 0 Å². The van der Waals surface area contributed by atoms with Crippen LogP contribution in [0.1, 0.15) is 6.92 Å². The molecule has 0 unspecified atom stereocenters. The van der Waals surface area contributed by atoms with Crippen molar-refractivity contribution in [3.63, 3.8) is 0 Å². The second-order valence-corrected chi connectivity index (χ2v) is 8.31. The molecule has 11 heavy (non-hydrogen) atoms. The molecule has 0 spiro atoms. The zero-order valence-electron chi connectivity index (χ0n) is 7.24. The Morgan fingerprint density at radius 3 is 1.09 bits per heavy atom. The van der Waals surface area contributed by atoms with Gasteiger partial charge in [-0.15, -0.1) is 0 Å². The van der Waals surface area contributed by atoms with Crippen LogP contribution in [0.2, 0.25) is 0 Å². The molecular weight excluding hydrogens is 178 g/mol. The monoisotopic (exact) mass is 192 g/mol. The highest BCUT2D eigenvalue weighted by Crippen LogP contribution is 2.45. The third kappa shape index (κ3) is 66.7. The fraction of sp³-hybridized carbons (Fsp3) is 1.00. The third-order valence-electron chi connectivity index (χ3n) is 0.949. The Balaban J connectivity index is 0. The zero-order valence-corrected chi connectivity index (χ0v) is 8.14. The SMILES string of the molecule is CC[P+](C)(C)C.F[B-](F)(F)F. The molecule has 0 saturated carbocycles. The first-order chi connectivity index (χ1) is 4.56. The number of hydrogen-bond donors (Lipinski definition) is 0. The van der Waals surface area contributed by atoms with Crippen LogP contribution in [0.5, 0.6) is 0 Å². The van der Waals surface area contributed by atoms with E-state index in [0.29, 0.717) is 0 Å². The summed E-state index contributed by atoms with van der Waals surface area (Å²) in [5.41, 5.74) is 0. The van der Waals surface area contributed by atoms with Crippen molar-refractivity contribution in [3.05, 3.63) is 0 Å². The van der Waals surface area contributed by atoms with Crippen LogP contribution in [0.15, 0.2) is 0 Å². The van der Waals surface area contributed by atoms with Gasteiger partial charge < -0.3 is 17.3 Å². The highest BCUT2D eigenvalue weighted by Gasteiger charge is 2.20. The lowest BCUT2D eigenvalue weighted by Gasteiger charge is -2.05. The molecule has 0 heterocycles. The summed E-state index contributed by atoms with van der Waals surface area (Å²) < 4.78 is 39.0. The maximum absolute atomic E-state index is 9.75. The maximum Gasteiger partial charge on any atom is 0.673 e. The Bertz CT molecular complexity index is 89.6. The summed E-state index contributed by atoms with van der Waals surface area (Å²) in [6, 6.07) is 0. The highest BCUT2D eigenvalue weighted by atomic mass is 31.2. The molecule has 0 bridgehead atoms. The fourth-order valence-electron chi connectivity index (χ4n) is 0. The topological polar surface area (TPSA) is 0 Å². The van der Waals surface area contributed by atoms with Crippen LogP contribution in [0.25, 0.3) is 0 Å². The average Bonchev–Trinajstić information content (AvgIpc) is 1.59. The Kier molecular flexibility index (Phi) is 6.22. The van der Waals surface area contributed by atoms with Crippen molar-refractivity contribution >= 4 is 14.5 Å². The standard InChI is InChI=1S/C5H14P.BF4/c1-5-6(2,3)4;2-1(3,4)5/h5H2,1-4H3;/q+1;-1. The van der Waals surface area contributed by atoms with E-state index in [-0.39, 0.29) is 0 Å². The van der Waals surface area contributed by atoms with Crippen molar-refractivity contribution in [2.24, 2.45) is 0 Å². The van der Waals surface area contributed by atoms with Crippen molar-refractivity contribution in [1.82, 2.24) is 0 Å². The van der Waals surface area contributed by atoms with E-state index in [1.165, 1.54) is 6.16 Å². The van der Waals surface area contributed by atoms with Gasteiger partial charge in [0.05, 0.1) is 6.16 Å². The van der Waals surface area contributed by atoms with Gasteiger partial charge in [-0.3, -0.25) is 0 Å². The molecule has 0 nitrogen and oxygen atoms in total. The van der Waals surface area contributed by atoms with Gasteiger partial charge in [0.1, 0.15) is 0 Å². The average molecular weight is 192 g/mol. The van der Waals surface area contributed by atoms with Crippen LogP contribution in [-0.4, -0.2) is 33.4 Å². The van der Waals surface area contributed by atoms with Crippen LogP contribution in [0.3, 0.4) is 0 Å². The van der Waals surface area contributed by atoms with Gasteiger partial charge in [0, 0.05) is 27.3 Å². The largest absolute Gasteiger partial charge is 0.673 e. The van der Waals surface area contributed by atoms with E-state index in [4.69, 9.17) is 0 Å². The summed E-state index contributed by atoms with van der Waals surface area (Å²) in [4.78, 5) is 0. The molecule has 0 aliphatic rings. The minimum atomic E-state index is -6.00. The molecule has 0 rings (SSSR count). The second-order valence-electron chi connectivity index (χ2n) is 3.10. The van der Waals surface area contributed by atoms with Crippen molar-refractivity contribution in [2.75, 3.05) is 26.2 Å². The third-order valence-corrected chi connectivity index (χ3v) is 2.85. The zero-order chi connectivity index (χ0) is 9.71. The molecule has 0 aromatic rings. The second kappa shape index (κ2) is 4.97. The smallest absolute Gasteiger partial charge is 0.418 e. The van der Waals surface area contributed by atoms with Crippen molar-refractivity contribution in [3.8, 4) is 0 Å². The van der Waals surface area contributed by atoms with E-state index < -0.39 is 14.5 Å². The Labute approximate surface area is 65.8 Å². The van der Waals surface area contributed by atoms with E-state index in [9.17, 15) is 17.3 Å². The van der Waals surface area contributed by atoms with Gasteiger partial charge in [-0.1, -0.05) is 0 Å². The van der Waals surface area contributed by atoms with Crippen LogP contribution in [0, 0.1) is 0 Å². The predicted octanol–water partition coefficient (Wildman–Crippen LogP) is 3.21. The summed E-state index contributed by atoms with van der Waals surface area (Å²) in [6.45, 7) is 9.32. The molecule has 0 aromatic heterocycles. The molecule has 0 aromatic carbocycles. The van der Waals surface area contributed by atoms with Crippen molar-refractivity contribution in [1.29, 1.82) is 0 Å². The summed E-state index contributed by atoms with van der Waals surface area (Å²) in [6.07, 6.45) is 1.38. The molecular formula is C5H14BF4P. The van der Waals surface area contributed by atoms with E-state index in [1.807, 2.05) is 0 Å². The van der Waals surface area contributed by atoms with Gasteiger partial charge in [-0.05, 0) is 6.92 Å². The lowest BCUT2D eigenvalue weighted by atomic mass is 10.3. The molecule has 0 aliphatic carbocycles. The van der Waals surface area contributed by atoms with Crippen LogP contribution >= 0.6 is 7.26 Å². The lowest BCUT2D eigenvalue weighted by molar-refractivity contribution is 0.368. The van der Waals surface area contributed by atoms with Gasteiger partial charge in [0.25, 0.3) is 0 Å². The summed E-state index contributed by atoms with van der Waals surface area (Å²) >= 11 is 0. The molecule has 0 atom stereocenters. The van der Waals surface area contributed by atoms with Crippen molar-refractivity contribution < 1.29 is 17.3 Å². The van der Waals surface area contributed by atoms with Gasteiger partial charge in [0.2, 0.25) is 0 Å². The predicted molar refractivity (Wildman–Crippen MR) is 45.4 cm³/mol. The Hall–Kier alpha value is 0.215. The van der Waals surface area contributed by atoms with E-state index in [2.05, 4.69) is 26.9 Å². The van der Waals surface area contributed by atoms with E-state index in [0.717, 1.165) is 0 Å².